The molecular formula is C22H29N5O2. The number of hydrogen-bond donors (Lipinski definition) is 1. The molecular weight excluding hydrogens is 366 g/mol. The molecule has 7 heteroatoms. The van der Waals surface area contributed by atoms with Gasteiger partial charge in [-0.2, -0.15) is 0 Å². The minimum atomic E-state index is -0.243. The summed E-state index contributed by atoms with van der Waals surface area (Å²) < 4.78 is 0. The maximum absolute atomic E-state index is 12.9. The van der Waals surface area contributed by atoms with Crippen molar-refractivity contribution >= 4 is 17.5 Å². The van der Waals surface area contributed by atoms with Crippen LogP contribution in [0.3, 0.4) is 0 Å². The van der Waals surface area contributed by atoms with Crippen molar-refractivity contribution in [3.05, 3.63) is 59.9 Å². The third kappa shape index (κ3) is 5.77. The standard InChI is InChI=1S/C22H29N5O2/c1-25(2)12-6-10-24-21(28)20-17-18(9-11-23-20)22(29)27-15-13-26(14-16-27)19-7-4-3-5-8-19/h3-5,7-9,11,17H,6,10,12-16H2,1-2H3,(H,24,28). The van der Waals surface area contributed by atoms with E-state index in [1.165, 1.54) is 11.9 Å². The lowest BCUT2D eigenvalue weighted by atomic mass is 10.1. The van der Waals surface area contributed by atoms with Gasteiger partial charge >= 0.3 is 0 Å². The van der Waals surface area contributed by atoms with Crippen molar-refractivity contribution in [2.24, 2.45) is 0 Å². The van der Waals surface area contributed by atoms with Crippen LogP contribution in [0.1, 0.15) is 27.3 Å². The number of nitrogens with one attached hydrogen (secondary N) is 1. The molecule has 2 aromatic rings. The number of nitrogens with zero attached hydrogens (tertiary/aromatic N) is 4. The summed E-state index contributed by atoms with van der Waals surface area (Å²) in [5.74, 6) is -0.297. The van der Waals surface area contributed by atoms with Gasteiger partial charge in [0.2, 0.25) is 0 Å². The molecule has 0 radical (unpaired) electrons. The Hall–Kier alpha value is -2.93. The molecule has 1 saturated heterocycles. The van der Waals surface area contributed by atoms with Gasteiger partial charge in [-0.1, -0.05) is 18.2 Å². The molecule has 0 atom stereocenters. The molecule has 3 rings (SSSR count). The number of piperazine rings is 1. The molecule has 0 spiro atoms. The Kier molecular flexibility index (Phi) is 7.19. The summed E-state index contributed by atoms with van der Waals surface area (Å²) in [6.45, 7) is 4.38. The molecule has 0 bridgehead atoms. The van der Waals surface area contributed by atoms with Crippen LogP contribution in [0.4, 0.5) is 5.69 Å². The molecule has 0 saturated carbocycles. The molecule has 0 unspecified atom stereocenters. The zero-order valence-electron chi connectivity index (χ0n) is 17.2. The van der Waals surface area contributed by atoms with E-state index in [2.05, 4.69) is 32.2 Å². The number of hydrogen-bond acceptors (Lipinski definition) is 5. The number of amides is 2. The number of rotatable bonds is 7. The number of pyridine rings is 1. The predicted molar refractivity (Wildman–Crippen MR) is 114 cm³/mol. The van der Waals surface area contributed by atoms with E-state index in [-0.39, 0.29) is 17.5 Å². The van der Waals surface area contributed by atoms with Crippen LogP contribution in [0.15, 0.2) is 48.7 Å². The molecule has 1 aliphatic rings. The first-order valence-electron chi connectivity index (χ1n) is 10.0. The van der Waals surface area contributed by atoms with E-state index < -0.39 is 0 Å². The van der Waals surface area contributed by atoms with Crippen LogP contribution in [0.5, 0.6) is 0 Å². The van der Waals surface area contributed by atoms with Gasteiger partial charge in [0.05, 0.1) is 0 Å². The van der Waals surface area contributed by atoms with Gasteiger partial charge in [-0.05, 0) is 51.3 Å². The zero-order valence-corrected chi connectivity index (χ0v) is 17.2. The Morgan fingerprint density at radius 1 is 1.07 bits per heavy atom. The molecule has 2 amide bonds. The molecule has 2 heterocycles. The maximum Gasteiger partial charge on any atom is 0.269 e. The molecule has 1 N–H and O–H groups in total. The fourth-order valence-electron chi connectivity index (χ4n) is 3.36. The van der Waals surface area contributed by atoms with Gasteiger partial charge in [-0.3, -0.25) is 14.6 Å². The average Bonchev–Trinajstić information content (AvgIpc) is 2.77. The minimum absolute atomic E-state index is 0.0539. The van der Waals surface area contributed by atoms with E-state index in [9.17, 15) is 9.59 Å². The number of aromatic nitrogens is 1. The van der Waals surface area contributed by atoms with Crippen LogP contribution in [0.25, 0.3) is 0 Å². The molecule has 1 aromatic carbocycles. The summed E-state index contributed by atoms with van der Waals surface area (Å²) in [5, 5.41) is 2.86. The van der Waals surface area contributed by atoms with E-state index in [4.69, 9.17) is 0 Å². The van der Waals surface area contributed by atoms with Crippen LogP contribution < -0.4 is 10.2 Å². The van der Waals surface area contributed by atoms with Gasteiger partial charge < -0.3 is 20.0 Å². The van der Waals surface area contributed by atoms with Gasteiger partial charge in [-0.15, -0.1) is 0 Å². The lowest BCUT2D eigenvalue weighted by Gasteiger charge is -2.36. The highest BCUT2D eigenvalue weighted by atomic mass is 16.2. The summed E-state index contributed by atoms with van der Waals surface area (Å²) in [6, 6.07) is 13.5. The molecule has 154 valence electrons. The van der Waals surface area contributed by atoms with Gasteiger partial charge in [0.15, 0.2) is 0 Å². The monoisotopic (exact) mass is 395 g/mol. The molecule has 1 aromatic heterocycles. The van der Waals surface area contributed by atoms with Crippen LogP contribution >= 0.6 is 0 Å². The molecule has 1 aliphatic heterocycles. The number of carbonyl (C=O) groups is 2. The highest BCUT2D eigenvalue weighted by Crippen LogP contribution is 2.17. The fraction of sp³-hybridized carbons (Fsp3) is 0.409. The zero-order chi connectivity index (χ0) is 20.6. The van der Waals surface area contributed by atoms with Gasteiger partial charge in [-0.25, -0.2) is 0 Å². The lowest BCUT2D eigenvalue weighted by molar-refractivity contribution is 0.0746. The minimum Gasteiger partial charge on any atom is -0.368 e. The largest absolute Gasteiger partial charge is 0.368 e. The third-order valence-corrected chi connectivity index (χ3v) is 5.00. The Bertz CT molecular complexity index is 817. The van der Waals surface area contributed by atoms with Crippen molar-refractivity contribution < 1.29 is 9.59 Å². The first kappa shape index (κ1) is 20.8. The summed E-state index contributed by atoms with van der Waals surface area (Å²) in [5.41, 5.74) is 1.96. The van der Waals surface area contributed by atoms with Crippen LogP contribution in [-0.4, -0.2) is 80.0 Å². The van der Waals surface area contributed by atoms with Crippen molar-refractivity contribution in [1.82, 2.24) is 20.1 Å². The van der Waals surface area contributed by atoms with Crippen molar-refractivity contribution in [3.63, 3.8) is 0 Å². The Morgan fingerprint density at radius 3 is 2.48 bits per heavy atom. The molecule has 0 aliphatic carbocycles. The van der Waals surface area contributed by atoms with E-state index in [0.29, 0.717) is 25.2 Å². The Labute approximate surface area is 172 Å². The van der Waals surface area contributed by atoms with Crippen molar-refractivity contribution in [1.29, 1.82) is 0 Å². The summed E-state index contributed by atoms with van der Waals surface area (Å²) >= 11 is 0. The van der Waals surface area contributed by atoms with E-state index in [0.717, 1.165) is 26.1 Å². The van der Waals surface area contributed by atoms with Crippen molar-refractivity contribution in [2.75, 3.05) is 58.3 Å². The molecule has 7 nitrogen and oxygen atoms in total. The normalized spacial score (nSPS) is 14.2. The number of carbonyl (C=O) groups excluding carboxylic acids is 2. The topological polar surface area (TPSA) is 68.8 Å². The average molecular weight is 396 g/mol. The van der Waals surface area contributed by atoms with Crippen molar-refractivity contribution in [3.8, 4) is 0 Å². The second-order valence-corrected chi connectivity index (χ2v) is 7.46. The maximum atomic E-state index is 12.9. The first-order chi connectivity index (χ1) is 14.0. The van der Waals surface area contributed by atoms with Gasteiger partial charge in [0, 0.05) is 50.2 Å². The predicted octanol–water partition coefficient (Wildman–Crippen LogP) is 1.73. The SMILES string of the molecule is CN(C)CCCNC(=O)c1cc(C(=O)N2CCN(c3ccccc3)CC2)ccn1. The van der Waals surface area contributed by atoms with Gasteiger partial charge in [0.25, 0.3) is 11.8 Å². The highest BCUT2D eigenvalue weighted by molar-refractivity contribution is 5.98. The first-order valence-corrected chi connectivity index (χ1v) is 10.0. The fourth-order valence-corrected chi connectivity index (χ4v) is 3.36. The summed E-state index contributed by atoms with van der Waals surface area (Å²) in [4.78, 5) is 35.5. The molecule has 29 heavy (non-hydrogen) atoms. The van der Waals surface area contributed by atoms with E-state index >= 15 is 0 Å². The lowest BCUT2D eigenvalue weighted by Crippen LogP contribution is -2.48. The Morgan fingerprint density at radius 2 is 1.79 bits per heavy atom. The second-order valence-electron chi connectivity index (χ2n) is 7.46. The number of anilines is 1. The summed E-state index contributed by atoms with van der Waals surface area (Å²) in [6.07, 6.45) is 2.39. The van der Waals surface area contributed by atoms with Gasteiger partial charge in [0.1, 0.15) is 5.69 Å². The smallest absolute Gasteiger partial charge is 0.269 e. The summed E-state index contributed by atoms with van der Waals surface area (Å²) in [7, 11) is 4.00. The number of para-hydroxylation sites is 1. The van der Waals surface area contributed by atoms with Crippen LogP contribution in [0.2, 0.25) is 0 Å². The van der Waals surface area contributed by atoms with Crippen molar-refractivity contribution in [2.45, 2.75) is 6.42 Å². The third-order valence-electron chi connectivity index (χ3n) is 5.00. The quantitative estimate of drug-likeness (QED) is 0.723. The second kappa shape index (κ2) is 10.0. The van der Waals surface area contributed by atoms with E-state index in [1.54, 1.807) is 12.1 Å². The van der Waals surface area contributed by atoms with Crippen LogP contribution in [0, 0.1) is 0 Å². The highest BCUT2D eigenvalue weighted by Gasteiger charge is 2.23. The molecule has 1 fully saturated rings. The number of benzene rings is 1. The van der Waals surface area contributed by atoms with E-state index in [1.807, 2.05) is 37.2 Å². The Balaban J connectivity index is 1.55. The van der Waals surface area contributed by atoms with Crippen LogP contribution in [-0.2, 0) is 0 Å².